The van der Waals surface area contributed by atoms with Crippen LogP contribution in [0.5, 0.6) is 0 Å². The van der Waals surface area contributed by atoms with E-state index in [1.165, 1.54) is 14.9 Å². The van der Waals surface area contributed by atoms with Gasteiger partial charge in [0.25, 0.3) is 0 Å². The molecular weight excluding hydrogens is 430 g/mol. The van der Waals surface area contributed by atoms with Crippen LogP contribution in [-0.2, 0) is 13.1 Å². The molecule has 1 aromatic heterocycles. The number of hydrogen-bond donors (Lipinski definition) is 1. The first-order chi connectivity index (χ1) is 8.16. The molecule has 2 aromatic rings. The lowest BCUT2D eigenvalue weighted by molar-refractivity contribution is 0.699. The number of benzene rings is 1. The lowest BCUT2D eigenvalue weighted by Crippen LogP contribution is -2.11. The van der Waals surface area contributed by atoms with Gasteiger partial charge in [0.15, 0.2) is 0 Å². The Balaban J connectivity index is 1.90. The van der Waals surface area contributed by atoms with Gasteiger partial charge < -0.3 is 5.32 Å². The second kappa shape index (κ2) is 6.48. The molecule has 0 aliphatic rings. The summed E-state index contributed by atoms with van der Waals surface area (Å²) in [5.41, 5.74) is 1.27. The monoisotopic (exact) mass is 437 g/mol. The highest BCUT2D eigenvalue weighted by atomic mass is 79.9. The number of thiophene rings is 1. The Hall–Kier alpha value is 0.320. The van der Waals surface area contributed by atoms with Crippen LogP contribution >= 0.6 is 59.1 Å². The molecule has 0 aliphatic carbocycles. The fourth-order valence-electron chi connectivity index (χ4n) is 1.42. The summed E-state index contributed by atoms with van der Waals surface area (Å²) in [7, 11) is 0. The van der Waals surface area contributed by atoms with Crippen molar-refractivity contribution >= 4 is 59.1 Å². The van der Waals surface area contributed by atoms with Crippen LogP contribution in [0, 0.1) is 0 Å². The molecule has 17 heavy (non-hydrogen) atoms. The van der Waals surface area contributed by atoms with Crippen molar-refractivity contribution in [3.05, 3.63) is 53.5 Å². The minimum absolute atomic E-state index is 0.871. The van der Waals surface area contributed by atoms with Crippen molar-refractivity contribution in [3.8, 4) is 0 Å². The summed E-state index contributed by atoms with van der Waals surface area (Å²) >= 11 is 12.3. The molecule has 0 saturated heterocycles. The van der Waals surface area contributed by atoms with E-state index < -0.39 is 0 Å². The summed E-state index contributed by atoms with van der Waals surface area (Å²) in [4.78, 5) is 1.33. The predicted octanol–water partition coefficient (Wildman–Crippen LogP) is 5.33. The summed E-state index contributed by atoms with van der Waals surface area (Å²) < 4.78 is 3.36. The van der Waals surface area contributed by atoms with Crippen LogP contribution in [0.2, 0.25) is 0 Å². The van der Waals surface area contributed by atoms with E-state index in [1.54, 1.807) is 11.3 Å². The van der Waals surface area contributed by atoms with Gasteiger partial charge in [-0.05, 0) is 76.9 Å². The van der Waals surface area contributed by atoms with Crippen molar-refractivity contribution in [2.75, 3.05) is 0 Å². The molecule has 90 valence electrons. The van der Waals surface area contributed by atoms with Crippen molar-refractivity contribution in [1.82, 2.24) is 5.32 Å². The highest BCUT2D eigenvalue weighted by Crippen LogP contribution is 2.24. The van der Waals surface area contributed by atoms with Crippen LogP contribution in [-0.4, -0.2) is 0 Å². The van der Waals surface area contributed by atoms with E-state index in [-0.39, 0.29) is 0 Å². The predicted molar refractivity (Wildman–Crippen MR) is 84.4 cm³/mol. The molecule has 1 N–H and O–H groups in total. The van der Waals surface area contributed by atoms with Crippen LogP contribution in [0.3, 0.4) is 0 Å². The summed E-state index contributed by atoms with van der Waals surface area (Å²) in [5, 5.41) is 5.53. The van der Waals surface area contributed by atoms with Crippen molar-refractivity contribution in [1.29, 1.82) is 0 Å². The van der Waals surface area contributed by atoms with Gasteiger partial charge in [0.1, 0.15) is 0 Å². The van der Waals surface area contributed by atoms with Gasteiger partial charge in [-0.25, -0.2) is 0 Å². The zero-order chi connectivity index (χ0) is 12.3. The Kier molecular flexibility index (Phi) is 5.24. The highest BCUT2D eigenvalue weighted by molar-refractivity contribution is 9.13. The first-order valence-electron chi connectivity index (χ1n) is 5.03. The quantitative estimate of drug-likeness (QED) is 0.679. The first kappa shape index (κ1) is 13.7. The second-order valence-electron chi connectivity index (χ2n) is 3.54. The third-order valence-corrected chi connectivity index (χ3v) is 6.10. The molecule has 1 nitrogen and oxygen atoms in total. The molecule has 0 fully saturated rings. The molecule has 5 heteroatoms. The lowest BCUT2D eigenvalue weighted by Gasteiger charge is -2.05. The van der Waals surface area contributed by atoms with E-state index >= 15 is 0 Å². The summed E-state index contributed by atoms with van der Waals surface area (Å²) in [5.74, 6) is 0. The number of halogens is 3. The molecule has 0 spiro atoms. The van der Waals surface area contributed by atoms with Crippen molar-refractivity contribution in [2.45, 2.75) is 13.1 Å². The van der Waals surface area contributed by atoms with Gasteiger partial charge in [0, 0.05) is 31.4 Å². The Morgan fingerprint density at radius 3 is 2.41 bits per heavy atom. The van der Waals surface area contributed by atoms with E-state index in [1.807, 2.05) is 0 Å². The standard InChI is InChI=1S/C12H10Br3NS/c13-9-2-1-8(5-11(9)15)6-16-7-12-10(14)3-4-17-12/h1-5,16H,6-7H2. The molecule has 0 amide bonds. The van der Waals surface area contributed by atoms with Crippen molar-refractivity contribution in [2.24, 2.45) is 0 Å². The van der Waals surface area contributed by atoms with Crippen LogP contribution in [0.4, 0.5) is 0 Å². The summed E-state index contributed by atoms with van der Waals surface area (Å²) in [6.45, 7) is 1.77. The van der Waals surface area contributed by atoms with Gasteiger partial charge in [-0.15, -0.1) is 11.3 Å². The van der Waals surface area contributed by atoms with Gasteiger partial charge in [0.05, 0.1) is 0 Å². The molecule has 1 heterocycles. The van der Waals surface area contributed by atoms with E-state index in [9.17, 15) is 0 Å². The maximum atomic E-state index is 3.53. The minimum Gasteiger partial charge on any atom is -0.308 e. The van der Waals surface area contributed by atoms with Crippen LogP contribution in [0.1, 0.15) is 10.4 Å². The van der Waals surface area contributed by atoms with Crippen LogP contribution < -0.4 is 5.32 Å². The number of nitrogens with one attached hydrogen (secondary N) is 1. The summed E-state index contributed by atoms with van der Waals surface area (Å²) in [6, 6.07) is 8.38. The fraction of sp³-hybridized carbons (Fsp3) is 0.167. The normalized spacial score (nSPS) is 10.8. The Labute approximate surface area is 130 Å². The zero-order valence-corrected chi connectivity index (χ0v) is 14.4. The molecular formula is C12H10Br3NS. The van der Waals surface area contributed by atoms with E-state index in [4.69, 9.17) is 0 Å². The Morgan fingerprint density at radius 1 is 0.941 bits per heavy atom. The maximum Gasteiger partial charge on any atom is 0.0327 e. The average molecular weight is 440 g/mol. The molecule has 1 aromatic carbocycles. The SMILES string of the molecule is Brc1ccc(CNCc2sccc2Br)cc1Br. The summed E-state index contributed by atoms with van der Waals surface area (Å²) in [6.07, 6.45) is 0. The second-order valence-corrected chi connectivity index (χ2v) is 7.11. The van der Waals surface area contributed by atoms with Gasteiger partial charge >= 0.3 is 0 Å². The van der Waals surface area contributed by atoms with Crippen LogP contribution in [0.15, 0.2) is 43.1 Å². The topological polar surface area (TPSA) is 12.0 Å². The zero-order valence-electron chi connectivity index (χ0n) is 8.84. The third-order valence-electron chi connectivity index (χ3n) is 2.29. The third kappa shape index (κ3) is 3.89. The van der Waals surface area contributed by atoms with Crippen LogP contribution in [0.25, 0.3) is 0 Å². The molecule has 2 rings (SSSR count). The fourth-order valence-corrected chi connectivity index (χ4v) is 3.56. The Morgan fingerprint density at radius 2 is 1.76 bits per heavy atom. The molecule has 0 aliphatic heterocycles. The molecule has 0 bridgehead atoms. The lowest BCUT2D eigenvalue weighted by atomic mass is 10.2. The smallest absolute Gasteiger partial charge is 0.0327 e. The van der Waals surface area contributed by atoms with Gasteiger partial charge in [-0.1, -0.05) is 6.07 Å². The number of hydrogen-bond acceptors (Lipinski definition) is 2. The first-order valence-corrected chi connectivity index (χ1v) is 8.29. The molecule has 0 atom stereocenters. The highest BCUT2D eigenvalue weighted by Gasteiger charge is 2.02. The Bertz CT molecular complexity index is 510. The minimum atomic E-state index is 0.871. The van der Waals surface area contributed by atoms with Gasteiger partial charge in [-0.3, -0.25) is 0 Å². The van der Waals surface area contributed by atoms with E-state index in [2.05, 4.69) is 82.8 Å². The van der Waals surface area contributed by atoms with E-state index in [0.717, 1.165) is 22.0 Å². The van der Waals surface area contributed by atoms with E-state index in [0.29, 0.717) is 0 Å². The molecule has 0 saturated carbocycles. The largest absolute Gasteiger partial charge is 0.308 e. The van der Waals surface area contributed by atoms with Crippen molar-refractivity contribution < 1.29 is 0 Å². The molecule has 0 unspecified atom stereocenters. The maximum absolute atomic E-state index is 3.53. The average Bonchev–Trinajstić information content (AvgIpc) is 2.70. The molecule has 0 radical (unpaired) electrons. The van der Waals surface area contributed by atoms with Gasteiger partial charge in [-0.2, -0.15) is 0 Å². The number of rotatable bonds is 4. The van der Waals surface area contributed by atoms with Crippen molar-refractivity contribution in [3.63, 3.8) is 0 Å². The van der Waals surface area contributed by atoms with Gasteiger partial charge in [0.2, 0.25) is 0 Å².